The lowest BCUT2D eigenvalue weighted by Crippen LogP contribution is -2.39. The van der Waals surface area contributed by atoms with Crippen molar-refractivity contribution in [3.8, 4) is 5.75 Å². The monoisotopic (exact) mass is 324 g/mol. The summed E-state index contributed by atoms with van der Waals surface area (Å²) in [7, 11) is 1.64. The van der Waals surface area contributed by atoms with Gasteiger partial charge in [0.15, 0.2) is 0 Å². The van der Waals surface area contributed by atoms with Gasteiger partial charge in [0.2, 0.25) is 5.91 Å². The summed E-state index contributed by atoms with van der Waals surface area (Å²) < 4.78 is 10.7. The maximum absolute atomic E-state index is 12.2. The van der Waals surface area contributed by atoms with Gasteiger partial charge in [-0.3, -0.25) is 4.79 Å². The van der Waals surface area contributed by atoms with Crippen molar-refractivity contribution in [3.05, 3.63) is 23.8 Å². The molecule has 22 heavy (non-hydrogen) atoms. The van der Waals surface area contributed by atoms with Crippen LogP contribution in [0.2, 0.25) is 0 Å². The molecule has 1 heterocycles. The van der Waals surface area contributed by atoms with Crippen molar-refractivity contribution in [2.24, 2.45) is 0 Å². The van der Waals surface area contributed by atoms with Crippen LogP contribution in [0.15, 0.2) is 18.2 Å². The van der Waals surface area contributed by atoms with Crippen molar-refractivity contribution in [3.63, 3.8) is 0 Å². The molecule has 1 amide bonds. The first-order valence-corrected chi connectivity index (χ1v) is 8.68. The molecule has 0 spiro atoms. The van der Waals surface area contributed by atoms with Crippen LogP contribution in [0.4, 0.5) is 5.69 Å². The van der Waals surface area contributed by atoms with Gasteiger partial charge in [-0.05, 0) is 24.6 Å². The van der Waals surface area contributed by atoms with Gasteiger partial charge in [-0.15, -0.1) is 0 Å². The Morgan fingerprint density at radius 3 is 3.05 bits per heavy atom. The number of rotatable bonds is 7. The van der Waals surface area contributed by atoms with Gasteiger partial charge >= 0.3 is 0 Å². The van der Waals surface area contributed by atoms with Crippen molar-refractivity contribution in [1.29, 1.82) is 0 Å². The summed E-state index contributed by atoms with van der Waals surface area (Å²) in [5.74, 6) is 2.81. The minimum Gasteiger partial charge on any atom is -0.489 e. The normalized spacial score (nSPS) is 18.0. The van der Waals surface area contributed by atoms with E-state index in [1.54, 1.807) is 7.11 Å². The molecule has 1 fully saturated rings. The molecule has 1 aromatic rings. The molecular formula is C16H24N2O3S. The van der Waals surface area contributed by atoms with E-state index in [1.165, 1.54) is 0 Å². The van der Waals surface area contributed by atoms with Gasteiger partial charge in [-0.1, -0.05) is 6.07 Å². The van der Waals surface area contributed by atoms with Crippen molar-refractivity contribution in [1.82, 2.24) is 5.32 Å². The van der Waals surface area contributed by atoms with Gasteiger partial charge in [0.05, 0.1) is 12.3 Å². The number of benzene rings is 1. The third-order valence-corrected chi connectivity index (χ3v) is 4.52. The number of amides is 1. The Morgan fingerprint density at radius 1 is 1.45 bits per heavy atom. The highest BCUT2D eigenvalue weighted by atomic mass is 32.2. The second-order valence-electron chi connectivity index (χ2n) is 5.32. The maximum Gasteiger partial charge on any atom is 0.226 e. The minimum absolute atomic E-state index is 0.0143. The second kappa shape index (κ2) is 9.02. The lowest BCUT2D eigenvalue weighted by molar-refractivity contribution is -0.116. The number of thioether (sulfide) groups is 1. The van der Waals surface area contributed by atoms with Crippen molar-refractivity contribution >= 4 is 23.4 Å². The van der Waals surface area contributed by atoms with E-state index in [-0.39, 0.29) is 11.9 Å². The van der Waals surface area contributed by atoms with E-state index in [2.05, 4.69) is 10.6 Å². The molecular weight excluding hydrogens is 300 g/mol. The SMILES string of the molecule is COCCOc1cc(C)ccc1NC(=O)CC1CSCCN1. The molecule has 5 nitrogen and oxygen atoms in total. The summed E-state index contributed by atoms with van der Waals surface area (Å²) in [6.45, 7) is 3.95. The number of methoxy groups -OCH3 is 1. The average molecular weight is 324 g/mol. The summed E-state index contributed by atoms with van der Waals surface area (Å²) in [6, 6.07) is 6.04. The number of aryl methyl sites for hydroxylation is 1. The van der Waals surface area contributed by atoms with E-state index in [9.17, 15) is 4.79 Å². The summed E-state index contributed by atoms with van der Waals surface area (Å²) in [4.78, 5) is 12.2. The first-order valence-electron chi connectivity index (χ1n) is 7.52. The average Bonchev–Trinajstić information content (AvgIpc) is 2.51. The zero-order valence-corrected chi connectivity index (χ0v) is 14.0. The third kappa shape index (κ3) is 5.51. The lowest BCUT2D eigenvalue weighted by atomic mass is 10.2. The molecule has 6 heteroatoms. The van der Waals surface area contributed by atoms with Crippen LogP contribution in [0.1, 0.15) is 12.0 Å². The van der Waals surface area contributed by atoms with Crippen molar-refractivity contribution < 1.29 is 14.3 Å². The summed E-state index contributed by atoms with van der Waals surface area (Å²) >= 11 is 1.89. The molecule has 1 saturated heterocycles. The summed E-state index contributed by atoms with van der Waals surface area (Å²) in [6.07, 6.45) is 0.485. The largest absolute Gasteiger partial charge is 0.489 e. The van der Waals surface area contributed by atoms with E-state index in [0.717, 1.165) is 29.3 Å². The van der Waals surface area contributed by atoms with Gasteiger partial charge < -0.3 is 20.1 Å². The Hall–Kier alpha value is -1.24. The van der Waals surface area contributed by atoms with E-state index >= 15 is 0 Å². The molecule has 0 radical (unpaired) electrons. The molecule has 2 rings (SSSR count). The molecule has 1 unspecified atom stereocenters. The van der Waals surface area contributed by atoms with Crippen LogP contribution in [-0.4, -0.2) is 50.3 Å². The fourth-order valence-electron chi connectivity index (χ4n) is 2.26. The highest BCUT2D eigenvalue weighted by Crippen LogP contribution is 2.26. The number of carbonyl (C=O) groups excluding carboxylic acids is 1. The molecule has 0 aliphatic carbocycles. The Labute approximate surface area is 136 Å². The standard InChI is InChI=1S/C16H24N2O3S/c1-12-3-4-14(15(9-12)21-7-6-20-2)18-16(19)10-13-11-22-8-5-17-13/h3-4,9,13,17H,5-8,10-11H2,1-2H3,(H,18,19). The first-order chi connectivity index (χ1) is 10.7. The Bertz CT molecular complexity index is 490. The summed E-state index contributed by atoms with van der Waals surface area (Å²) in [5.41, 5.74) is 1.81. The fraction of sp³-hybridized carbons (Fsp3) is 0.562. The molecule has 1 aromatic carbocycles. The Morgan fingerprint density at radius 2 is 2.32 bits per heavy atom. The summed E-state index contributed by atoms with van der Waals surface area (Å²) in [5, 5.41) is 6.33. The number of anilines is 1. The molecule has 1 atom stereocenters. The van der Waals surface area contributed by atoms with Crippen LogP contribution in [0, 0.1) is 6.92 Å². The lowest BCUT2D eigenvalue weighted by Gasteiger charge is -2.22. The first kappa shape index (κ1) is 17.1. The third-order valence-electron chi connectivity index (χ3n) is 3.39. The van der Waals surface area contributed by atoms with Crippen LogP contribution in [0.25, 0.3) is 0 Å². The minimum atomic E-state index is 0.0143. The van der Waals surface area contributed by atoms with Gasteiger partial charge in [-0.25, -0.2) is 0 Å². The molecule has 2 N–H and O–H groups in total. The van der Waals surface area contributed by atoms with Crippen LogP contribution < -0.4 is 15.4 Å². The predicted octanol–water partition coefficient (Wildman–Crippen LogP) is 2.05. The number of ether oxygens (including phenoxy) is 2. The van der Waals surface area contributed by atoms with Gasteiger partial charge in [0.1, 0.15) is 12.4 Å². The van der Waals surface area contributed by atoms with Crippen LogP contribution in [0.5, 0.6) is 5.75 Å². The van der Waals surface area contributed by atoms with Gasteiger partial charge in [-0.2, -0.15) is 11.8 Å². The molecule has 0 aromatic heterocycles. The zero-order valence-electron chi connectivity index (χ0n) is 13.2. The Kier molecular flexibility index (Phi) is 7.02. The topological polar surface area (TPSA) is 59.6 Å². The molecule has 0 saturated carbocycles. The van der Waals surface area contributed by atoms with Crippen molar-refractivity contribution in [2.75, 3.05) is 43.7 Å². The van der Waals surface area contributed by atoms with Crippen molar-refractivity contribution in [2.45, 2.75) is 19.4 Å². The second-order valence-corrected chi connectivity index (χ2v) is 6.47. The quantitative estimate of drug-likeness (QED) is 0.752. The number of hydrogen-bond acceptors (Lipinski definition) is 5. The number of nitrogens with one attached hydrogen (secondary N) is 2. The molecule has 1 aliphatic rings. The number of carbonyl (C=O) groups is 1. The van der Waals surface area contributed by atoms with Gasteiger partial charge in [0.25, 0.3) is 0 Å². The molecule has 1 aliphatic heterocycles. The van der Waals surface area contributed by atoms with E-state index in [4.69, 9.17) is 9.47 Å². The maximum atomic E-state index is 12.2. The molecule has 0 bridgehead atoms. The highest BCUT2D eigenvalue weighted by Gasteiger charge is 2.17. The van der Waals surface area contributed by atoms with Crippen LogP contribution in [-0.2, 0) is 9.53 Å². The fourth-order valence-corrected chi connectivity index (χ4v) is 3.21. The van der Waals surface area contributed by atoms with Gasteiger partial charge in [0, 0.05) is 37.6 Å². The predicted molar refractivity (Wildman–Crippen MR) is 90.9 cm³/mol. The zero-order chi connectivity index (χ0) is 15.8. The highest BCUT2D eigenvalue weighted by molar-refractivity contribution is 7.99. The van der Waals surface area contributed by atoms with Crippen LogP contribution in [0.3, 0.4) is 0 Å². The van der Waals surface area contributed by atoms with E-state index in [1.807, 2.05) is 36.9 Å². The van der Waals surface area contributed by atoms with Crippen LogP contribution >= 0.6 is 11.8 Å². The smallest absolute Gasteiger partial charge is 0.226 e. The Balaban J connectivity index is 1.93. The number of hydrogen-bond donors (Lipinski definition) is 2. The molecule has 122 valence electrons. The van der Waals surface area contributed by atoms with E-state index in [0.29, 0.717) is 25.4 Å². The van der Waals surface area contributed by atoms with E-state index < -0.39 is 0 Å².